The zero-order valence-corrected chi connectivity index (χ0v) is 18.5. The van der Waals surface area contributed by atoms with Gasteiger partial charge in [0.2, 0.25) is 11.8 Å². The molecular weight excluding hydrogens is 402 g/mol. The standard InChI is InChI=1S/C25H31N5O2/c31-24(30-15-7-19-4-1-2-5-21(19)17-30)20-8-13-28(14-9-20)25(32)22-6-3-12-29(18-22)23-16-26-10-11-27-23/h1-2,4-5,10-11,16,20,22H,3,6-9,12-15,17-18H2/t22-/m0/s1. The maximum absolute atomic E-state index is 13.2. The van der Waals surface area contributed by atoms with Crippen LogP contribution in [0.5, 0.6) is 0 Å². The van der Waals surface area contributed by atoms with Crippen LogP contribution in [0.1, 0.15) is 36.8 Å². The maximum Gasteiger partial charge on any atom is 0.227 e. The summed E-state index contributed by atoms with van der Waals surface area (Å²) in [6, 6.07) is 8.41. The molecule has 0 aliphatic carbocycles. The first-order chi connectivity index (χ1) is 15.7. The van der Waals surface area contributed by atoms with E-state index in [4.69, 9.17) is 0 Å². The SMILES string of the molecule is O=C(C1CCN(C(=O)[C@H]2CCCN(c3cnccn3)C2)CC1)N1CCc2ccccc2C1. The number of piperidine rings is 2. The molecule has 7 heteroatoms. The average Bonchev–Trinajstić information content (AvgIpc) is 2.88. The lowest BCUT2D eigenvalue weighted by Crippen LogP contribution is -2.49. The molecule has 1 aromatic heterocycles. The summed E-state index contributed by atoms with van der Waals surface area (Å²) in [6.45, 7) is 4.49. The maximum atomic E-state index is 13.2. The largest absolute Gasteiger partial charge is 0.355 e. The molecule has 0 N–H and O–H groups in total. The molecule has 2 saturated heterocycles. The van der Waals surface area contributed by atoms with Crippen LogP contribution < -0.4 is 4.90 Å². The van der Waals surface area contributed by atoms with Crippen molar-refractivity contribution in [3.8, 4) is 0 Å². The first-order valence-corrected chi connectivity index (χ1v) is 11.8. The molecule has 0 spiro atoms. The topological polar surface area (TPSA) is 69.6 Å². The number of rotatable bonds is 3. The number of carbonyl (C=O) groups is 2. The number of carbonyl (C=O) groups excluding carboxylic acids is 2. The van der Waals surface area contributed by atoms with Crippen molar-refractivity contribution in [3.63, 3.8) is 0 Å². The Kier molecular flexibility index (Phi) is 6.06. The van der Waals surface area contributed by atoms with Crippen molar-refractivity contribution in [1.29, 1.82) is 0 Å². The second-order valence-corrected chi connectivity index (χ2v) is 9.23. The van der Waals surface area contributed by atoms with Crippen molar-refractivity contribution >= 4 is 17.6 Å². The fourth-order valence-electron chi connectivity index (χ4n) is 5.39. The molecule has 1 aromatic carbocycles. The van der Waals surface area contributed by atoms with E-state index < -0.39 is 0 Å². The predicted molar refractivity (Wildman–Crippen MR) is 122 cm³/mol. The highest BCUT2D eigenvalue weighted by atomic mass is 16.2. The van der Waals surface area contributed by atoms with Crippen molar-refractivity contribution in [3.05, 3.63) is 54.0 Å². The molecule has 2 aromatic rings. The Balaban J connectivity index is 1.14. The monoisotopic (exact) mass is 433 g/mol. The van der Waals surface area contributed by atoms with Crippen LogP contribution in [0.3, 0.4) is 0 Å². The molecule has 3 aliphatic rings. The third-order valence-corrected chi connectivity index (χ3v) is 7.24. The molecule has 32 heavy (non-hydrogen) atoms. The summed E-state index contributed by atoms with van der Waals surface area (Å²) in [5, 5.41) is 0. The van der Waals surface area contributed by atoms with Crippen molar-refractivity contribution < 1.29 is 9.59 Å². The third-order valence-electron chi connectivity index (χ3n) is 7.24. The molecule has 0 radical (unpaired) electrons. The van der Waals surface area contributed by atoms with E-state index in [1.165, 1.54) is 11.1 Å². The summed E-state index contributed by atoms with van der Waals surface area (Å²) in [5.41, 5.74) is 2.63. The van der Waals surface area contributed by atoms with E-state index in [1.54, 1.807) is 18.6 Å². The first kappa shape index (κ1) is 20.9. The van der Waals surface area contributed by atoms with Crippen molar-refractivity contribution in [2.45, 2.75) is 38.6 Å². The fourth-order valence-corrected chi connectivity index (χ4v) is 5.39. The zero-order chi connectivity index (χ0) is 21.9. The second kappa shape index (κ2) is 9.27. The lowest BCUT2D eigenvalue weighted by atomic mass is 9.91. The van der Waals surface area contributed by atoms with Crippen LogP contribution in [0.25, 0.3) is 0 Å². The Hall–Kier alpha value is -2.96. The number of fused-ring (bicyclic) bond motifs is 1. The lowest BCUT2D eigenvalue weighted by molar-refractivity contribution is -0.143. The van der Waals surface area contributed by atoms with Gasteiger partial charge in [0.25, 0.3) is 0 Å². The molecule has 7 nitrogen and oxygen atoms in total. The van der Waals surface area contributed by atoms with E-state index in [0.29, 0.717) is 26.2 Å². The Morgan fingerprint density at radius 2 is 1.62 bits per heavy atom. The fraction of sp³-hybridized carbons (Fsp3) is 0.520. The van der Waals surface area contributed by atoms with Crippen LogP contribution in [0, 0.1) is 11.8 Å². The van der Waals surface area contributed by atoms with Gasteiger partial charge in [0.15, 0.2) is 0 Å². The van der Waals surface area contributed by atoms with Gasteiger partial charge in [0.05, 0.1) is 12.1 Å². The molecule has 2 amide bonds. The number of amides is 2. The molecule has 0 unspecified atom stereocenters. The number of hydrogen-bond donors (Lipinski definition) is 0. The molecular formula is C25H31N5O2. The lowest BCUT2D eigenvalue weighted by Gasteiger charge is -2.39. The van der Waals surface area contributed by atoms with Crippen molar-refractivity contribution in [1.82, 2.24) is 19.8 Å². The van der Waals surface area contributed by atoms with Crippen LogP contribution >= 0.6 is 0 Å². The molecule has 168 valence electrons. The van der Waals surface area contributed by atoms with Crippen LogP contribution in [-0.4, -0.2) is 64.3 Å². The van der Waals surface area contributed by atoms with Gasteiger partial charge in [-0.2, -0.15) is 0 Å². The van der Waals surface area contributed by atoms with Gasteiger partial charge in [-0.1, -0.05) is 24.3 Å². The molecule has 3 aliphatic heterocycles. The number of hydrogen-bond acceptors (Lipinski definition) is 5. The van der Waals surface area contributed by atoms with E-state index in [9.17, 15) is 9.59 Å². The van der Waals surface area contributed by atoms with Crippen LogP contribution in [-0.2, 0) is 22.6 Å². The highest BCUT2D eigenvalue weighted by Crippen LogP contribution is 2.27. The number of benzene rings is 1. The number of likely N-dealkylation sites (tertiary alicyclic amines) is 1. The van der Waals surface area contributed by atoms with Crippen LogP contribution in [0.2, 0.25) is 0 Å². The molecule has 2 fully saturated rings. The van der Waals surface area contributed by atoms with Crippen molar-refractivity contribution in [2.75, 3.05) is 37.6 Å². The summed E-state index contributed by atoms with van der Waals surface area (Å²) in [4.78, 5) is 41.1. The molecule has 0 bridgehead atoms. The molecule has 4 heterocycles. The summed E-state index contributed by atoms with van der Waals surface area (Å²) in [6.07, 6.45) is 9.51. The minimum Gasteiger partial charge on any atom is -0.355 e. The van der Waals surface area contributed by atoms with Gasteiger partial charge in [-0.05, 0) is 43.2 Å². The smallest absolute Gasteiger partial charge is 0.227 e. The highest BCUT2D eigenvalue weighted by molar-refractivity contribution is 5.82. The van der Waals surface area contributed by atoms with Gasteiger partial charge >= 0.3 is 0 Å². The third kappa shape index (κ3) is 4.33. The van der Waals surface area contributed by atoms with Crippen LogP contribution in [0.15, 0.2) is 42.9 Å². The predicted octanol–water partition coefficient (Wildman–Crippen LogP) is 2.52. The first-order valence-electron chi connectivity index (χ1n) is 11.8. The van der Waals surface area contributed by atoms with Gasteiger partial charge in [-0.15, -0.1) is 0 Å². The number of nitrogens with zero attached hydrogens (tertiary/aromatic N) is 5. The minimum absolute atomic E-state index is 0.00314. The van der Waals surface area contributed by atoms with Gasteiger partial charge in [0.1, 0.15) is 5.82 Å². The van der Waals surface area contributed by atoms with Gasteiger partial charge < -0.3 is 14.7 Å². The van der Waals surface area contributed by atoms with Crippen LogP contribution in [0.4, 0.5) is 5.82 Å². The average molecular weight is 434 g/mol. The second-order valence-electron chi connectivity index (χ2n) is 9.23. The zero-order valence-electron chi connectivity index (χ0n) is 18.5. The van der Waals surface area contributed by atoms with Crippen molar-refractivity contribution in [2.24, 2.45) is 11.8 Å². The van der Waals surface area contributed by atoms with Gasteiger partial charge in [-0.25, -0.2) is 4.98 Å². The normalized spacial score (nSPS) is 21.9. The quantitative estimate of drug-likeness (QED) is 0.744. The van der Waals surface area contributed by atoms with E-state index in [1.807, 2.05) is 15.9 Å². The summed E-state index contributed by atoms with van der Waals surface area (Å²) in [5.74, 6) is 1.37. The van der Waals surface area contributed by atoms with Gasteiger partial charge in [0, 0.05) is 57.6 Å². The Morgan fingerprint density at radius 1 is 0.844 bits per heavy atom. The molecule has 1 atom stereocenters. The summed E-state index contributed by atoms with van der Waals surface area (Å²) < 4.78 is 0. The molecule has 5 rings (SSSR count). The highest BCUT2D eigenvalue weighted by Gasteiger charge is 2.35. The molecule has 0 saturated carbocycles. The van der Waals surface area contributed by atoms with E-state index in [0.717, 1.165) is 51.0 Å². The number of aromatic nitrogens is 2. The Morgan fingerprint density at radius 3 is 2.41 bits per heavy atom. The van der Waals surface area contributed by atoms with E-state index >= 15 is 0 Å². The summed E-state index contributed by atoms with van der Waals surface area (Å²) in [7, 11) is 0. The number of anilines is 1. The summed E-state index contributed by atoms with van der Waals surface area (Å²) >= 11 is 0. The van der Waals surface area contributed by atoms with E-state index in [-0.39, 0.29) is 23.7 Å². The Labute approximate surface area is 189 Å². The minimum atomic E-state index is -0.00314. The van der Waals surface area contributed by atoms with Gasteiger partial charge in [-0.3, -0.25) is 14.6 Å². The Bertz CT molecular complexity index is 958. The van der Waals surface area contributed by atoms with E-state index in [2.05, 4.69) is 33.1 Å².